The lowest BCUT2D eigenvalue weighted by atomic mass is 10.1. The van der Waals surface area contributed by atoms with Gasteiger partial charge in [-0.1, -0.05) is 0 Å². The van der Waals surface area contributed by atoms with Gasteiger partial charge in [-0.15, -0.1) is 0 Å². The molecule has 0 radical (unpaired) electrons. The van der Waals surface area contributed by atoms with Crippen molar-refractivity contribution in [1.82, 2.24) is 15.2 Å². The summed E-state index contributed by atoms with van der Waals surface area (Å²) in [6, 6.07) is 4.03. The molecule has 1 aliphatic rings. The van der Waals surface area contributed by atoms with Crippen molar-refractivity contribution in [2.75, 3.05) is 20.1 Å². The number of nitrogens with zero attached hydrogens (tertiary/aromatic N) is 2. The summed E-state index contributed by atoms with van der Waals surface area (Å²) in [5.74, 6) is 0.137. The van der Waals surface area contributed by atoms with Crippen LogP contribution in [0.15, 0.2) is 24.5 Å². The molecule has 1 amide bonds. The molecule has 1 aliphatic heterocycles. The molecule has 2 rings (SSSR count). The van der Waals surface area contributed by atoms with Gasteiger partial charge in [-0.3, -0.25) is 9.78 Å². The topological polar surface area (TPSA) is 45.2 Å². The number of likely N-dealkylation sites (N-methyl/N-ethyl adjacent to an activating group) is 1. The first-order valence-corrected chi connectivity index (χ1v) is 4.65. The molecular weight excluding hydrogens is 178 g/mol. The third-order valence-corrected chi connectivity index (χ3v) is 2.57. The highest BCUT2D eigenvalue weighted by Gasteiger charge is 2.25. The normalized spacial score (nSPS) is 22.5. The Bertz CT molecular complexity index is 325. The number of carbonyl (C=O) groups excluding carboxylic acids is 1. The molecule has 1 unspecified atom stereocenters. The van der Waals surface area contributed by atoms with Gasteiger partial charge in [0.25, 0.3) is 0 Å². The van der Waals surface area contributed by atoms with E-state index in [9.17, 15) is 4.79 Å². The van der Waals surface area contributed by atoms with Crippen molar-refractivity contribution in [2.45, 2.75) is 6.04 Å². The van der Waals surface area contributed by atoms with E-state index in [-0.39, 0.29) is 11.9 Å². The maximum atomic E-state index is 11.4. The van der Waals surface area contributed by atoms with Crippen LogP contribution in [0.2, 0.25) is 0 Å². The Kier molecular flexibility index (Phi) is 2.45. The summed E-state index contributed by atoms with van der Waals surface area (Å²) in [5.41, 5.74) is 1.13. The molecule has 0 spiro atoms. The van der Waals surface area contributed by atoms with Gasteiger partial charge in [0.2, 0.25) is 5.91 Å². The molecule has 1 atom stereocenters. The Balaban J connectivity index is 2.22. The first-order valence-electron chi connectivity index (χ1n) is 4.65. The third-order valence-electron chi connectivity index (χ3n) is 2.57. The van der Waals surface area contributed by atoms with Gasteiger partial charge in [0, 0.05) is 26.0 Å². The second kappa shape index (κ2) is 3.75. The smallest absolute Gasteiger partial charge is 0.236 e. The molecule has 1 saturated heterocycles. The number of piperazine rings is 1. The summed E-state index contributed by atoms with van der Waals surface area (Å²) < 4.78 is 0. The van der Waals surface area contributed by atoms with Crippen molar-refractivity contribution in [3.05, 3.63) is 30.1 Å². The van der Waals surface area contributed by atoms with Crippen molar-refractivity contribution in [3.63, 3.8) is 0 Å². The average molecular weight is 191 g/mol. The van der Waals surface area contributed by atoms with Gasteiger partial charge in [0.1, 0.15) is 0 Å². The van der Waals surface area contributed by atoms with Crippen LogP contribution in [0.4, 0.5) is 0 Å². The first kappa shape index (κ1) is 9.15. The standard InChI is InChI=1S/C10H13N3O/c1-13-9(6-12-7-10(13)14)8-2-4-11-5-3-8/h2-5,9,12H,6-7H2,1H3. The second-order valence-corrected chi connectivity index (χ2v) is 3.43. The van der Waals surface area contributed by atoms with Gasteiger partial charge in [0.15, 0.2) is 0 Å². The highest BCUT2D eigenvalue weighted by Crippen LogP contribution is 2.19. The van der Waals surface area contributed by atoms with Crippen molar-refractivity contribution in [1.29, 1.82) is 0 Å². The summed E-state index contributed by atoms with van der Waals surface area (Å²) in [5, 5.41) is 3.10. The molecule has 0 aromatic carbocycles. The second-order valence-electron chi connectivity index (χ2n) is 3.43. The van der Waals surface area contributed by atoms with E-state index in [0.29, 0.717) is 6.54 Å². The predicted octanol–water partition coefficient (Wildman–Crippen LogP) is 0.184. The maximum absolute atomic E-state index is 11.4. The van der Waals surface area contributed by atoms with Crippen molar-refractivity contribution >= 4 is 5.91 Å². The number of amides is 1. The lowest BCUT2D eigenvalue weighted by Gasteiger charge is -2.33. The lowest BCUT2D eigenvalue weighted by Crippen LogP contribution is -2.48. The zero-order valence-corrected chi connectivity index (χ0v) is 8.10. The lowest BCUT2D eigenvalue weighted by molar-refractivity contribution is -0.133. The van der Waals surface area contributed by atoms with Crippen LogP contribution in [0.25, 0.3) is 0 Å². The van der Waals surface area contributed by atoms with E-state index in [4.69, 9.17) is 0 Å². The van der Waals surface area contributed by atoms with E-state index in [1.165, 1.54) is 0 Å². The number of nitrogens with one attached hydrogen (secondary N) is 1. The van der Waals surface area contributed by atoms with Gasteiger partial charge in [-0.05, 0) is 17.7 Å². The molecule has 14 heavy (non-hydrogen) atoms. The molecular formula is C10H13N3O. The van der Waals surface area contributed by atoms with Crippen LogP contribution >= 0.6 is 0 Å². The largest absolute Gasteiger partial charge is 0.336 e. The van der Waals surface area contributed by atoms with Crippen molar-refractivity contribution in [3.8, 4) is 0 Å². The predicted molar refractivity (Wildman–Crippen MR) is 52.6 cm³/mol. The van der Waals surface area contributed by atoms with Gasteiger partial charge >= 0.3 is 0 Å². The Morgan fingerprint density at radius 2 is 2.21 bits per heavy atom. The summed E-state index contributed by atoms with van der Waals surface area (Å²) in [6.45, 7) is 1.25. The average Bonchev–Trinajstić information content (AvgIpc) is 2.23. The van der Waals surface area contributed by atoms with Crippen molar-refractivity contribution < 1.29 is 4.79 Å². The quantitative estimate of drug-likeness (QED) is 0.689. The molecule has 4 nitrogen and oxygen atoms in total. The van der Waals surface area contributed by atoms with Crippen LogP contribution in [-0.2, 0) is 4.79 Å². The molecule has 74 valence electrons. The fourth-order valence-electron chi connectivity index (χ4n) is 1.68. The summed E-state index contributed by atoms with van der Waals surface area (Å²) in [7, 11) is 1.84. The van der Waals surface area contributed by atoms with E-state index < -0.39 is 0 Å². The molecule has 0 aliphatic carbocycles. The number of pyridine rings is 1. The third kappa shape index (κ3) is 1.61. The minimum absolute atomic E-state index is 0.137. The van der Waals surface area contributed by atoms with E-state index in [1.807, 2.05) is 19.2 Å². The van der Waals surface area contributed by atoms with Crippen molar-refractivity contribution in [2.24, 2.45) is 0 Å². The van der Waals surface area contributed by atoms with Crippen LogP contribution in [0.3, 0.4) is 0 Å². The Labute approximate surface area is 82.9 Å². The SMILES string of the molecule is CN1C(=O)CNCC1c1ccncc1. The summed E-state index contributed by atoms with van der Waals surface area (Å²) in [4.78, 5) is 17.2. The van der Waals surface area contributed by atoms with Gasteiger partial charge in [-0.2, -0.15) is 0 Å². The van der Waals surface area contributed by atoms with E-state index >= 15 is 0 Å². The molecule has 1 N–H and O–H groups in total. The number of carbonyl (C=O) groups is 1. The minimum Gasteiger partial charge on any atom is -0.336 e. The molecule has 0 saturated carbocycles. The molecule has 1 fully saturated rings. The molecule has 4 heteroatoms. The Hall–Kier alpha value is -1.42. The van der Waals surface area contributed by atoms with Crippen LogP contribution in [-0.4, -0.2) is 35.9 Å². The molecule has 2 heterocycles. The van der Waals surface area contributed by atoms with Crippen LogP contribution in [0.1, 0.15) is 11.6 Å². The zero-order valence-electron chi connectivity index (χ0n) is 8.10. The van der Waals surface area contributed by atoms with E-state index in [2.05, 4.69) is 10.3 Å². The molecule has 1 aromatic heterocycles. The minimum atomic E-state index is 0.137. The highest BCUT2D eigenvalue weighted by atomic mass is 16.2. The Morgan fingerprint density at radius 1 is 1.50 bits per heavy atom. The number of hydrogen-bond acceptors (Lipinski definition) is 3. The summed E-state index contributed by atoms with van der Waals surface area (Å²) in [6.07, 6.45) is 3.50. The zero-order chi connectivity index (χ0) is 9.97. The van der Waals surface area contributed by atoms with Crippen LogP contribution < -0.4 is 5.32 Å². The number of aromatic nitrogens is 1. The van der Waals surface area contributed by atoms with Crippen LogP contribution in [0.5, 0.6) is 0 Å². The summed E-state index contributed by atoms with van der Waals surface area (Å²) >= 11 is 0. The maximum Gasteiger partial charge on any atom is 0.236 e. The highest BCUT2D eigenvalue weighted by molar-refractivity contribution is 5.79. The fraction of sp³-hybridized carbons (Fsp3) is 0.400. The fourth-order valence-corrected chi connectivity index (χ4v) is 1.68. The van der Waals surface area contributed by atoms with Gasteiger partial charge in [0.05, 0.1) is 12.6 Å². The molecule has 1 aromatic rings. The van der Waals surface area contributed by atoms with Crippen LogP contribution in [0, 0.1) is 0 Å². The van der Waals surface area contributed by atoms with Gasteiger partial charge in [-0.25, -0.2) is 0 Å². The number of rotatable bonds is 1. The van der Waals surface area contributed by atoms with Gasteiger partial charge < -0.3 is 10.2 Å². The first-order chi connectivity index (χ1) is 6.79. The van der Waals surface area contributed by atoms with E-state index in [1.54, 1.807) is 17.3 Å². The number of hydrogen-bond donors (Lipinski definition) is 1. The van der Waals surface area contributed by atoms with E-state index in [0.717, 1.165) is 12.1 Å². The molecule has 0 bridgehead atoms. The monoisotopic (exact) mass is 191 g/mol. The Morgan fingerprint density at radius 3 is 2.93 bits per heavy atom.